The largest absolute Gasteiger partial charge is 0.456 e. The Labute approximate surface area is 204 Å². The van der Waals surface area contributed by atoms with Gasteiger partial charge in [-0.1, -0.05) is 67.1 Å². The van der Waals surface area contributed by atoms with Gasteiger partial charge in [-0.2, -0.15) is 0 Å². The summed E-state index contributed by atoms with van der Waals surface area (Å²) in [4.78, 5) is 41.7. The van der Waals surface area contributed by atoms with Gasteiger partial charge in [0.25, 0.3) is 5.91 Å². The third-order valence-electron chi connectivity index (χ3n) is 6.03. The molecule has 0 fully saturated rings. The van der Waals surface area contributed by atoms with Gasteiger partial charge in [0.2, 0.25) is 0 Å². The fraction of sp³-hybridized carbons (Fsp3) is 0.207. The number of carbonyl (C=O) groups is 3. The van der Waals surface area contributed by atoms with Gasteiger partial charge in [-0.25, -0.2) is 4.79 Å². The van der Waals surface area contributed by atoms with E-state index in [1.165, 1.54) is 0 Å². The molecule has 4 rings (SSSR count). The van der Waals surface area contributed by atoms with E-state index in [-0.39, 0.29) is 18.1 Å². The average molecular weight is 469 g/mol. The van der Waals surface area contributed by atoms with Crippen molar-refractivity contribution in [2.24, 2.45) is 0 Å². The first kappa shape index (κ1) is 24.0. The van der Waals surface area contributed by atoms with Gasteiger partial charge in [-0.3, -0.25) is 9.59 Å². The Balaban J connectivity index is 1.51. The number of H-pyrrole nitrogens is 1. The number of hydrogen-bond acceptors (Lipinski definition) is 4. The molecule has 0 aliphatic heterocycles. The molecule has 1 aromatic heterocycles. The van der Waals surface area contributed by atoms with E-state index in [0.717, 1.165) is 34.0 Å². The number of ketones is 1. The Morgan fingerprint density at radius 1 is 0.914 bits per heavy atom. The number of rotatable bonds is 9. The summed E-state index contributed by atoms with van der Waals surface area (Å²) in [5.74, 6) is -1.33. The molecule has 0 radical (unpaired) electrons. The molecule has 0 spiro atoms. The minimum Gasteiger partial charge on any atom is -0.456 e. The predicted molar refractivity (Wildman–Crippen MR) is 136 cm³/mol. The van der Waals surface area contributed by atoms with Crippen LogP contribution in [0.15, 0.2) is 79.0 Å². The zero-order valence-electron chi connectivity index (χ0n) is 19.8. The van der Waals surface area contributed by atoms with E-state index in [1.807, 2.05) is 68.6 Å². The molecule has 6 nitrogen and oxygen atoms in total. The SMILES string of the molecule is CCc1ccc(C(=O)NC(Cc2c[nH]c3ccccc23)C(=O)OCC(=O)c2ccc(C)cc2)cc1. The molecule has 2 N–H and O–H groups in total. The van der Waals surface area contributed by atoms with Crippen LogP contribution in [0, 0.1) is 6.92 Å². The molecule has 0 aliphatic rings. The number of Topliss-reactive ketones (excluding diaryl/α,β-unsaturated/α-hetero) is 1. The van der Waals surface area contributed by atoms with Crippen molar-refractivity contribution in [1.29, 1.82) is 0 Å². The maximum Gasteiger partial charge on any atom is 0.329 e. The highest BCUT2D eigenvalue weighted by molar-refractivity contribution is 5.99. The standard InChI is InChI=1S/C29H28N2O4/c1-3-20-10-14-22(15-11-20)28(33)31-26(16-23-17-30-25-7-5-4-6-24(23)25)29(34)35-18-27(32)21-12-8-19(2)9-13-21/h4-15,17,26,30H,3,16,18H2,1-2H3,(H,31,33). The minimum absolute atomic E-state index is 0.223. The fourth-order valence-electron chi connectivity index (χ4n) is 3.91. The molecular weight excluding hydrogens is 440 g/mol. The van der Waals surface area contributed by atoms with Gasteiger partial charge < -0.3 is 15.0 Å². The van der Waals surface area contributed by atoms with Crippen molar-refractivity contribution in [3.63, 3.8) is 0 Å². The van der Waals surface area contributed by atoms with Crippen LogP contribution in [0.3, 0.4) is 0 Å². The molecule has 4 aromatic rings. The number of esters is 1. The lowest BCUT2D eigenvalue weighted by molar-refractivity contribution is -0.144. The molecule has 1 unspecified atom stereocenters. The van der Waals surface area contributed by atoms with Crippen LogP contribution >= 0.6 is 0 Å². The summed E-state index contributed by atoms with van der Waals surface area (Å²) >= 11 is 0. The summed E-state index contributed by atoms with van der Waals surface area (Å²) in [7, 11) is 0. The van der Waals surface area contributed by atoms with Crippen LogP contribution in [0.4, 0.5) is 0 Å². The van der Waals surface area contributed by atoms with E-state index in [1.54, 1.807) is 24.3 Å². The van der Waals surface area contributed by atoms with E-state index in [0.29, 0.717) is 11.1 Å². The molecule has 35 heavy (non-hydrogen) atoms. The summed E-state index contributed by atoms with van der Waals surface area (Å²) in [5.41, 5.74) is 4.88. The molecule has 1 amide bonds. The van der Waals surface area contributed by atoms with Crippen LogP contribution in [0.1, 0.15) is 44.3 Å². The normalized spacial score (nSPS) is 11.7. The molecular formula is C29H28N2O4. The number of carbonyl (C=O) groups excluding carboxylic acids is 3. The lowest BCUT2D eigenvalue weighted by Gasteiger charge is -2.18. The van der Waals surface area contributed by atoms with E-state index in [2.05, 4.69) is 10.3 Å². The number of aromatic nitrogens is 1. The van der Waals surface area contributed by atoms with Gasteiger partial charge in [-0.05, 0) is 42.7 Å². The molecule has 6 heteroatoms. The van der Waals surface area contributed by atoms with Crippen molar-refractivity contribution in [3.05, 3.63) is 107 Å². The highest BCUT2D eigenvalue weighted by Crippen LogP contribution is 2.20. The van der Waals surface area contributed by atoms with Gasteiger partial charge in [0.15, 0.2) is 12.4 Å². The molecule has 178 valence electrons. The summed E-state index contributed by atoms with van der Waals surface area (Å²) in [6.45, 7) is 3.58. The highest BCUT2D eigenvalue weighted by Gasteiger charge is 2.25. The summed E-state index contributed by atoms with van der Waals surface area (Å²) < 4.78 is 5.37. The van der Waals surface area contributed by atoms with Crippen molar-refractivity contribution in [3.8, 4) is 0 Å². The van der Waals surface area contributed by atoms with Crippen molar-refractivity contribution >= 4 is 28.6 Å². The van der Waals surface area contributed by atoms with E-state index >= 15 is 0 Å². The van der Waals surface area contributed by atoms with Gasteiger partial charge in [0.1, 0.15) is 6.04 Å². The number of aromatic amines is 1. The molecule has 3 aromatic carbocycles. The molecule has 0 saturated carbocycles. The number of fused-ring (bicyclic) bond motifs is 1. The van der Waals surface area contributed by atoms with Gasteiger partial charge in [-0.15, -0.1) is 0 Å². The van der Waals surface area contributed by atoms with Crippen LogP contribution in [-0.2, 0) is 22.4 Å². The number of nitrogens with one attached hydrogen (secondary N) is 2. The predicted octanol–water partition coefficient (Wildman–Crippen LogP) is 4.81. The molecule has 0 aliphatic carbocycles. The van der Waals surface area contributed by atoms with Crippen molar-refractivity contribution in [2.45, 2.75) is 32.7 Å². The number of aryl methyl sites for hydroxylation is 2. The van der Waals surface area contributed by atoms with E-state index in [4.69, 9.17) is 4.74 Å². The molecule has 0 saturated heterocycles. The zero-order valence-corrected chi connectivity index (χ0v) is 19.8. The van der Waals surface area contributed by atoms with Crippen molar-refractivity contribution < 1.29 is 19.1 Å². The number of amides is 1. The zero-order chi connectivity index (χ0) is 24.8. The summed E-state index contributed by atoms with van der Waals surface area (Å²) in [6.07, 6.45) is 2.91. The van der Waals surface area contributed by atoms with E-state index in [9.17, 15) is 14.4 Å². The van der Waals surface area contributed by atoms with Gasteiger partial charge in [0.05, 0.1) is 0 Å². The number of para-hydroxylation sites is 1. The first-order valence-electron chi connectivity index (χ1n) is 11.7. The van der Waals surface area contributed by atoms with Crippen LogP contribution < -0.4 is 5.32 Å². The van der Waals surface area contributed by atoms with Crippen LogP contribution in [0.5, 0.6) is 0 Å². The lowest BCUT2D eigenvalue weighted by Crippen LogP contribution is -2.43. The Kier molecular flexibility index (Phi) is 7.41. The van der Waals surface area contributed by atoms with Gasteiger partial charge in [0, 0.05) is 34.6 Å². The van der Waals surface area contributed by atoms with Gasteiger partial charge >= 0.3 is 5.97 Å². The third kappa shape index (κ3) is 5.84. The Hall–Kier alpha value is -4.19. The summed E-state index contributed by atoms with van der Waals surface area (Å²) in [6, 6.07) is 21.1. The Morgan fingerprint density at radius 2 is 1.60 bits per heavy atom. The topological polar surface area (TPSA) is 88.3 Å². The van der Waals surface area contributed by atoms with Crippen LogP contribution in [0.2, 0.25) is 0 Å². The van der Waals surface area contributed by atoms with Crippen LogP contribution in [-0.4, -0.2) is 35.3 Å². The second-order valence-electron chi connectivity index (χ2n) is 8.54. The fourth-order valence-corrected chi connectivity index (χ4v) is 3.91. The smallest absolute Gasteiger partial charge is 0.329 e. The Bertz CT molecular complexity index is 1340. The first-order valence-corrected chi connectivity index (χ1v) is 11.7. The second kappa shape index (κ2) is 10.8. The maximum absolute atomic E-state index is 13.1. The van der Waals surface area contributed by atoms with E-state index < -0.39 is 18.6 Å². The maximum atomic E-state index is 13.1. The minimum atomic E-state index is -0.960. The summed E-state index contributed by atoms with van der Waals surface area (Å²) in [5, 5.41) is 3.77. The molecule has 1 atom stereocenters. The molecule has 1 heterocycles. The molecule has 0 bridgehead atoms. The number of hydrogen-bond donors (Lipinski definition) is 2. The first-order chi connectivity index (χ1) is 16.9. The highest BCUT2D eigenvalue weighted by atomic mass is 16.5. The lowest BCUT2D eigenvalue weighted by atomic mass is 10.0. The van der Waals surface area contributed by atoms with Crippen molar-refractivity contribution in [2.75, 3.05) is 6.61 Å². The number of benzene rings is 3. The van der Waals surface area contributed by atoms with Crippen molar-refractivity contribution in [1.82, 2.24) is 10.3 Å². The second-order valence-corrected chi connectivity index (χ2v) is 8.54. The number of ether oxygens (including phenoxy) is 1. The average Bonchev–Trinajstić information content (AvgIpc) is 3.30. The quantitative estimate of drug-likeness (QED) is 0.273. The monoisotopic (exact) mass is 468 g/mol. The van der Waals surface area contributed by atoms with Crippen LogP contribution in [0.25, 0.3) is 10.9 Å². The Morgan fingerprint density at radius 3 is 2.31 bits per heavy atom. The third-order valence-corrected chi connectivity index (χ3v) is 6.03.